The van der Waals surface area contributed by atoms with Gasteiger partial charge >= 0.3 is 0 Å². The number of hydrogen-bond donors (Lipinski definition) is 2. The molecule has 0 aromatic heterocycles. The lowest BCUT2D eigenvalue weighted by atomic mass is 9.88. The Hall–Kier alpha value is -0.570. The molecule has 1 aliphatic rings. The molecule has 3 heteroatoms. The van der Waals surface area contributed by atoms with Crippen LogP contribution in [0.25, 0.3) is 0 Å². The quantitative estimate of drug-likeness (QED) is 0.728. The zero-order valence-electron chi connectivity index (χ0n) is 10.0. The van der Waals surface area contributed by atoms with Gasteiger partial charge in [0, 0.05) is 18.5 Å². The van der Waals surface area contributed by atoms with Gasteiger partial charge in [-0.25, -0.2) is 0 Å². The minimum atomic E-state index is 0.275. The summed E-state index contributed by atoms with van der Waals surface area (Å²) in [5, 5.41) is 6.25. The Morgan fingerprint density at radius 2 is 2.00 bits per heavy atom. The molecule has 0 aromatic carbocycles. The molecule has 0 aliphatic heterocycles. The van der Waals surface area contributed by atoms with E-state index in [-0.39, 0.29) is 11.8 Å². The second-order valence-electron chi connectivity index (χ2n) is 4.51. The molecule has 0 bridgehead atoms. The van der Waals surface area contributed by atoms with Crippen molar-refractivity contribution in [2.45, 2.75) is 51.5 Å². The molecule has 15 heavy (non-hydrogen) atoms. The van der Waals surface area contributed by atoms with Gasteiger partial charge in [0.25, 0.3) is 0 Å². The number of hydrogen-bond acceptors (Lipinski definition) is 2. The fourth-order valence-electron chi connectivity index (χ4n) is 2.23. The molecular weight excluding hydrogens is 188 g/mol. The Morgan fingerprint density at radius 3 is 2.53 bits per heavy atom. The standard InChI is InChI=1S/C12H24N2O/c1-3-11(9-13-2)14-12(15)10-7-5-4-6-8-10/h10-11,13H,3-9H2,1-2H3,(H,14,15). The Balaban J connectivity index is 2.31. The smallest absolute Gasteiger partial charge is 0.223 e. The second-order valence-corrected chi connectivity index (χ2v) is 4.51. The van der Waals surface area contributed by atoms with E-state index >= 15 is 0 Å². The first-order valence-corrected chi connectivity index (χ1v) is 6.23. The van der Waals surface area contributed by atoms with Crippen LogP contribution < -0.4 is 10.6 Å². The molecule has 1 saturated carbocycles. The van der Waals surface area contributed by atoms with Crippen LogP contribution in [0.1, 0.15) is 45.4 Å². The van der Waals surface area contributed by atoms with Gasteiger partial charge in [-0.15, -0.1) is 0 Å². The van der Waals surface area contributed by atoms with Crippen LogP contribution in [-0.2, 0) is 4.79 Å². The molecule has 1 rings (SSSR count). The zero-order valence-corrected chi connectivity index (χ0v) is 10.0. The Labute approximate surface area is 93.0 Å². The molecule has 0 heterocycles. The van der Waals surface area contributed by atoms with Gasteiger partial charge in [-0.1, -0.05) is 26.2 Å². The van der Waals surface area contributed by atoms with Gasteiger partial charge in [-0.2, -0.15) is 0 Å². The van der Waals surface area contributed by atoms with Gasteiger partial charge < -0.3 is 10.6 Å². The molecule has 1 atom stereocenters. The average Bonchev–Trinajstić information content (AvgIpc) is 2.29. The summed E-state index contributed by atoms with van der Waals surface area (Å²) < 4.78 is 0. The summed E-state index contributed by atoms with van der Waals surface area (Å²) in [4.78, 5) is 11.9. The van der Waals surface area contributed by atoms with Crippen LogP contribution in [0.2, 0.25) is 0 Å². The van der Waals surface area contributed by atoms with E-state index in [1.807, 2.05) is 7.05 Å². The van der Waals surface area contributed by atoms with Gasteiger partial charge in [-0.3, -0.25) is 4.79 Å². The van der Waals surface area contributed by atoms with Crippen molar-refractivity contribution in [1.82, 2.24) is 10.6 Å². The third-order valence-corrected chi connectivity index (χ3v) is 3.27. The fraction of sp³-hybridized carbons (Fsp3) is 0.917. The third kappa shape index (κ3) is 4.20. The van der Waals surface area contributed by atoms with Crippen molar-refractivity contribution in [2.75, 3.05) is 13.6 Å². The molecule has 88 valence electrons. The monoisotopic (exact) mass is 212 g/mol. The van der Waals surface area contributed by atoms with Crippen LogP contribution in [0.5, 0.6) is 0 Å². The first-order valence-electron chi connectivity index (χ1n) is 6.23. The lowest BCUT2D eigenvalue weighted by molar-refractivity contribution is -0.126. The Kier molecular flexibility index (Phi) is 5.69. The SMILES string of the molecule is CCC(CNC)NC(=O)C1CCCCC1. The predicted octanol–water partition coefficient (Wildman–Crippen LogP) is 1.68. The molecule has 1 unspecified atom stereocenters. The largest absolute Gasteiger partial charge is 0.352 e. The number of likely N-dealkylation sites (N-methyl/N-ethyl adjacent to an activating group) is 1. The van der Waals surface area contributed by atoms with Crippen molar-refractivity contribution in [3.8, 4) is 0 Å². The highest BCUT2D eigenvalue weighted by Gasteiger charge is 2.22. The summed E-state index contributed by atoms with van der Waals surface area (Å²) in [7, 11) is 1.93. The highest BCUT2D eigenvalue weighted by molar-refractivity contribution is 5.79. The van der Waals surface area contributed by atoms with Crippen LogP contribution in [-0.4, -0.2) is 25.5 Å². The van der Waals surface area contributed by atoms with Crippen LogP contribution >= 0.6 is 0 Å². The molecule has 1 amide bonds. The van der Waals surface area contributed by atoms with Crippen molar-refractivity contribution in [1.29, 1.82) is 0 Å². The molecule has 0 aromatic rings. The first kappa shape index (κ1) is 12.5. The molecular formula is C12H24N2O. The maximum Gasteiger partial charge on any atom is 0.223 e. The van der Waals surface area contributed by atoms with Crippen molar-refractivity contribution >= 4 is 5.91 Å². The lowest BCUT2D eigenvalue weighted by Crippen LogP contribution is -2.43. The maximum atomic E-state index is 11.9. The second kappa shape index (κ2) is 6.83. The lowest BCUT2D eigenvalue weighted by Gasteiger charge is -2.24. The summed E-state index contributed by atoms with van der Waals surface area (Å²) in [6.45, 7) is 2.98. The zero-order chi connectivity index (χ0) is 11.1. The van der Waals surface area contributed by atoms with Crippen molar-refractivity contribution < 1.29 is 4.79 Å². The van der Waals surface area contributed by atoms with Crippen LogP contribution in [0.3, 0.4) is 0 Å². The van der Waals surface area contributed by atoms with Gasteiger partial charge in [0.15, 0.2) is 0 Å². The fourth-order valence-corrected chi connectivity index (χ4v) is 2.23. The normalized spacial score (nSPS) is 19.9. The van der Waals surface area contributed by atoms with E-state index in [1.54, 1.807) is 0 Å². The Morgan fingerprint density at radius 1 is 1.33 bits per heavy atom. The van der Waals surface area contributed by atoms with Gasteiger partial charge in [-0.05, 0) is 26.3 Å². The summed E-state index contributed by atoms with van der Waals surface area (Å²) in [5.41, 5.74) is 0. The van der Waals surface area contributed by atoms with E-state index in [0.717, 1.165) is 25.8 Å². The van der Waals surface area contributed by atoms with Crippen LogP contribution in [0.15, 0.2) is 0 Å². The van der Waals surface area contributed by atoms with E-state index in [1.165, 1.54) is 19.3 Å². The van der Waals surface area contributed by atoms with Crippen molar-refractivity contribution in [3.63, 3.8) is 0 Å². The summed E-state index contributed by atoms with van der Waals surface area (Å²) in [6.07, 6.45) is 6.92. The van der Waals surface area contributed by atoms with Crippen LogP contribution in [0, 0.1) is 5.92 Å². The molecule has 0 spiro atoms. The van der Waals surface area contributed by atoms with Gasteiger partial charge in [0.05, 0.1) is 0 Å². The highest BCUT2D eigenvalue weighted by Crippen LogP contribution is 2.23. The van der Waals surface area contributed by atoms with Gasteiger partial charge in [0.1, 0.15) is 0 Å². The van der Waals surface area contributed by atoms with E-state index in [0.29, 0.717) is 6.04 Å². The van der Waals surface area contributed by atoms with Crippen molar-refractivity contribution in [2.24, 2.45) is 5.92 Å². The van der Waals surface area contributed by atoms with Crippen molar-refractivity contribution in [3.05, 3.63) is 0 Å². The van der Waals surface area contributed by atoms with E-state index in [2.05, 4.69) is 17.6 Å². The number of nitrogens with one attached hydrogen (secondary N) is 2. The molecule has 2 N–H and O–H groups in total. The first-order chi connectivity index (χ1) is 7.27. The highest BCUT2D eigenvalue weighted by atomic mass is 16.1. The summed E-state index contributed by atoms with van der Waals surface area (Å²) in [5.74, 6) is 0.557. The summed E-state index contributed by atoms with van der Waals surface area (Å²) >= 11 is 0. The number of rotatable bonds is 5. The van der Waals surface area contributed by atoms with Gasteiger partial charge in [0.2, 0.25) is 5.91 Å². The number of carbonyl (C=O) groups excluding carboxylic acids is 1. The molecule has 1 aliphatic carbocycles. The Bertz CT molecular complexity index is 188. The summed E-state index contributed by atoms with van der Waals surface area (Å²) in [6, 6.07) is 0.296. The number of amides is 1. The molecule has 1 fully saturated rings. The molecule has 3 nitrogen and oxygen atoms in total. The minimum absolute atomic E-state index is 0.275. The van der Waals surface area contributed by atoms with E-state index in [9.17, 15) is 4.79 Å². The average molecular weight is 212 g/mol. The predicted molar refractivity (Wildman–Crippen MR) is 62.7 cm³/mol. The van der Waals surface area contributed by atoms with E-state index < -0.39 is 0 Å². The van der Waals surface area contributed by atoms with Crippen LogP contribution in [0.4, 0.5) is 0 Å². The van der Waals surface area contributed by atoms with E-state index in [4.69, 9.17) is 0 Å². The molecule has 0 radical (unpaired) electrons. The number of carbonyl (C=O) groups is 1. The third-order valence-electron chi connectivity index (χ3n) is 3.27. The topological polar surface area (TPSA) is 41.1 Å². The minimum Gasteiger partial charge on any atom is -0.352 e. The maximum absolute atomic E-state index is 11.9. The molecule has 0 saturated heterocycles.